The second-order valence-corrected chi connectivity index (χ2v) is 8.44. The normalized spacial score (nSPS) is 14.3. The van der Waals surface area contributed by atoms with Gasteiger partial charge >= 0.3 is 0 Å². The van der Waals surface area contributed by atoms with Gasteiger partial charge in [0.25, 0.3) is 0 Å². The van der Waals surface area contributed by atoms with Gasteiger partial charge < -0.3 is 5.32 Å². The topological polar surface area (TPSA) is 84.0 Å². The van der Waals surface area contributed by atoms with Gasteiger partial charge in [0.2, 0.25) is 16.9 Å². The van der Waals surface area contributed by atoms with Crippen LogP contribution in [0.5, 0.6) is 0 Å². The van der Waals surface area contributed by atoms with Crippen molar-refractivity contribution in [2.45, 2.75) is 38.6 Å². The van der Waals surface area contributed by atoms with E-state index in [1.54, 1.807) is 6.92 Å². The van der Waals surface area contributed by atoms with Crippen LogP contribution in [0.25, 0.3) is 10.6 Å². The van der Waals surface area contributed by atoms with E-state index in [4.69, 9.17) is 11.6 Å². The molecule has 3 unspecified atom stereocenters. The van der Waals surface area contributed by atoms with Crippen LogP contribution in [-0.2, 0) is 9.59 Å². The van der Waals surface area contributed by atoms with Crippen molar-refractivity contribution in [3.05, 3.63) is 28.7 Å². The minimum absolute atomic E-state index is 0.0479. The van der Waals surface area contributed by atoms with Crippen LogP contribution in [-0.4, -0.2) is 33.4 Å². The number of rotatable bonds is 7. The molecule has 1 aromatic carbocycles. The minimum atomic E-state index is -0.708. The lowest BCUT2D eigenvalue weighted by molar-refractivity contribution is -0.127. The van der Waals surface area contributed by atoms with Gasteiger partial charge in [0.05, 0.1) is 0 Å². The number of halogens is 2. The zero-order valence-corrected chi connectivity index (χ0v) is 17.8. The van der Waals surface area contributed by atoms with Crippen molar-refractivity contribution in [2.24, 2.45) is 5.92 Å². The number of carbonyl (C=O) groups is 2. The zero-order valence-electron chi connectivity index (χ0n) is 14.6. The standard InChI is InChI=1S/C17H20BrClN4O2S/c1-4-9(2)13(20-14(24)10(3)19)15(25)21-17-23-22-16(26-17)11-5-7-12(18)8-6-11/h5-10,13H,4H2,1-3H3,(H,20,24)(H,21,23,25). The fourth-order valence-corrected chi connectivity index (χ4v) is 3.22. The Hall–Kier alpha value is -1.51. The van der Waals surface area contributed by atoms with E-state index in [-0.39, 0.29) is 17.7 Å². The summed E-state index contributed by atoms with van der Waals surface area (Å²) in [6.45, 7) is 5.42. The van der Waals surface area contributed by atoms with E-state index in [9.17, 15) is 9.59 Å². The van der Waals surface area contributed by atoms with Crippen molar-refractivity contribution in [3.8, 4) is 10.6 Å². The molecule has 6 nitrogen and oxygen atoms in total. The van der Waals surface area contributed by atoms with E-state index in [2.05, 4.69) is 36.8 Å². The van der Waals surface area contributed by atoms with Crippen molar-refractivity contribution in [1.82, 2.24) is 15.5 Å². The molecule has 1 heterocycles. The fraction of sp³-hybridized carbons (Fsp3) is 0.412. The maximum absolute atomic E-state index is 12.6. The van der Waals surface area contributed by atoms with Crippen LogP contribution in [0.2, 0.25) is 0 Å². The van der Waals surface area contributed by atoms with Crippen molar-refractivity contribution < 1.29 is 9.59 Å². The Kier molecular flexibility index (Phi) is 7.55. The molecule has 140 valence electrons. The Labute approximate surface area is 169 Å². The molecule has 26 heavy (non-hydrogen) atoms. The summed E-state index contributed by atoms with van der Waals surface area (Å²) < 4.78 is 0.972. The molecule has 3 atom stereocenters. The molecule has 2 rings (SSSR count). The molecule has 0 spiro atoms. The first kappa shape index (κ1) is 20.8. The third-order valence-electron chi connectivity index (χ3n) is 3.90. The Morgan fingerprint density at radius 3 is 2.42 bits per heavy atom. The maximum atomic E-state index is 12.6. The van der Waals surface area contributed by atoms with E-state index < -0.39 is 11.4 Å². The number of anilines is 1. The second kappa shape index (κ2) is 9.43. The molecule has 0 bridgehead atoms. The maximum Gasteiger partial charge on any atom is 0.249 e. The summed E-state index contributed by atoms with van der Waals surface area (Å²) in [4.78, 5) is 24.5. The molecule has 1 aromatic heterocycles. The minimum Gasteiger partial charge on any atom is -0.343 e. The molecule has 0 saturated carbocycles. The summed E-state index contributed by atoms with van der Waals surface area (Å²) in [7, 11) is 0. The summed E-state index contributed by atoms with van der Waals surface area (Å²) in [6.07, 6.45) is 0.731. The van der Waals surface area contributed by atoms with Crippen LogP contribution >= 0.6 is 38.9 Å². The lowest BCUT2D eigenvalue weighted by Crippen LogP contribution is -2.49. The van der Waals surface area contributed by atoms with Gasteiger partial charge in [-0.3, -0.25) is 14.9 Å². The SMILES string of the molecule is CCC(C)C(NC(=O)C(C)Cl)C(=O)Nc1nnc(-c2ccc(Br)cc2)s1. The van der Waals surface area contributed by atoms with E-state index in [1.165, 1.54) is 11.3 Å². The number of benzene rings is 1. The van der Waals surface area contributed by atoms with Crippen molar-refractivity contribution in [3.63, 3.8) is 0 Å². The quantitative estimate of drug-likeness (QED) is 0.611. The lowest BCUT2D eigenvalue weighted by Gasteiger charge is -2.23. The van der Waals surface area contributed by atoms with Gasteiger partial charge in [0, 0.05) is 10.0 Å². The first-order valence-electron chi connectivity index (χ1n) is 8.16. The predicted octanol–water partition coefficient (Wildman–Crippen LogP) is 4.06. The Morgan fingerprint density at radius 2 is 1.85 bits per heavy atom. The highest BCUT2D eigenvalue weighted by molar-refractivity contribution is 9.10. The van der Waals surface area contributed by atoms with Gasteiger partial charge in [-0.25, -0.2) is 0 Å². The van der Waals surface area contributed by atoms with E-state index in [1.807, 2.05) is 38.1 Å². The monoisotopic (exact) mass is 458 g/mol. The smallest absolute Gasteiger partial charge is 0.249 e. The number of nitrogens with zero attached hydrogens (tertiary/aromatic N) is 2. The molecule has 2 aromatic rings. The number of hydrogen-bond donors (Lipinski definition) is 2. The van der Waals surface area contributed by atoms with Crippen LogP contribution in [0.4, 0.5) is 5.13 Å². The van der Waals surface area contributed by atoms with Gasteiger partial charge in [-0.15, -0.1) is 21.8 Å². The largest absolute Gasteiger partial charge is 0.343 e. The first-order valence-corrected chi connectivity index (χ1v) is 10.2. The molecule has 2 amide bonds. The summed E-state index contributed by atoms with van der Waals surface area (Å²) in [5.74, 6) is -0.753. The van der Waals surface area contributed by atoms with Gasteiger partial charge in [-0.1, -0.05) is 59.7 Å². The highest BCUT2D eigenvalue weighted by Gasteiger charge is 2.28. The number of hydrogen-bond acceptors (Lipinski definition) is 5. The van der Waals surface area contributed by atoms with Crippen molar-refractivity contribution in [1.29, 1.82) is 0 Å². The summed E-state index contributed by atoms with van der Waals surface area (Å²) in [5, 5.41) is 14.0. The molecule has 9 heteroatoms. The van der Waals surface area contributed by atoms with Gasteiger partial charge in [-0.2, -0.15) is 0 Å². The number of alkyl halides is 1. The van der Waals surface area contributed by atoms with Crippen LogP contribution in [0, 0.1) is 5.92 Å². The third-order valence-corrected chi connectivity index (χ3v) is 5.52. The van der Waals surface area contributed by atoms with E-state index in [0.717, 1.165) is 16.5 Å². The van der Waals surface area contributed by atoms with Gasteiger partial charge in [-0.05, 0) is 25.0 Å². The highest BCUT2D eigenvalue weighted by Crippen LogP contribution is 2.27. The molecule has 0 radical (unpaired) electrons. The molecule has 0 saturated heterocycles. The molecule has 0 fully saturated rings. The van der Waals surface area contributed by atoms with E-state index >= 15 is 0 Å². The fourth-order valence-electron chi connectivity index (χ4n) is 2.14. The molecule has 0 aliphatic carbocycles. The lowest BCUT2D eigenvalue weighted by atomic mass is 9.98. The molecule has 0 aliphatic heterocycles. The molecular formula is C17H20BrClN4O2S. The number of carbonyl (C=O) groups excluding carboxylic acids is 2. The van der Waals surface area contributed by atoms with Gasteiger partial charge in [0.1, 0.15) is 16.4 Å². The Morgan fingerprint density at radius 1 is 1.19 bits per heavy atom. The molecule has 2 N–H and O–H groups in total. The summed E-state index contributed by atoms with van der Waals surface area (Å²) in [5.41, 5.74) is 0.911. The summed E-state index contributed by atoms with van der Waals surface area (Å²) >= 11 is 10.5. The summed E-state index contributed by atoms with van der Waals surface area (Å²) in [6, 6.07) is 6.97. The molecule has 0 aliphatic rings. The van der Waals surface area contributed by atoms with Crippen LogP contribution < -0.4 is 10.6 Å². The average molecular weight is 460 g/mol. The second-order valence-electron chi connectivity index (χ2n) is 5.90. The van der Waals surface area contributed by atoms with Gasteiger partial charge in [0.15, 0.2) is 0 Å². The van der Waals surface area contributed by atoms with Crippen molar-refractivity contribution in [2.75, 3.05) is 5.32 Å². The molecular weight excluding hydrogens is 440 g/mol. The average Bonchev–Trinajstić information content (AvgIpc) is 3.07. The predicted molar refractivity (Wildman–Crippen MR) is 108 cm³/mol. The van der Waals surface area contributed by atoms with E-state index in [0.29, 0.717) is 10.1 Å². The number of nitrogens with one attached hydrogen (secondary N) is 2. The number of aromatic nitrogens is 2. The number of amides is 2. The first-order chi connectivity index (χ1) is 12.3. The zero-order chi connectivity index (χ0) is 19.3. The Bertz CT molecular complexity index is 766. The van der Waals surface area contributed by atoms with Crippen LogP contribution in [0.3, 0.4) is 0 Å². The van der Waals surface area contributed by atoms with Crippen LogP contribution in [0.1, 0.15) is 27.2 Å². The van der Waals surface area contributed by atoms with Crippen LogP contribution in [0.15, 0.2) is 28.7 Å². The third kappa shape index (κ3) is 5.49. The Balaban J connectivity index is 2.11. The van der Waals surface area contributed by atoms with Crippen molar-refractivity contribution >= 4 is 55.8 Å². The highest BCUT2D eigenvalue weighted by atomic mass is 79.9.